The van der Waals surface area contributed by atoms with Crippen LogP contribution in [0.2, 0.25) is 0 Å². The van der Waals surface area contributed by atoms with Gasteiger partial charge < -0.3 is 10.6 Å². The molecule has 1 amide bonds. The Kier molecular flexibility index (Phi) is 5.68. The maximum Gasteiger partial charge on any atom is 0.226 e. The number of aryl methyl sites for hydroxylation is 1. The lowest BCUT2D eigenvalue weighted by atomic mass is 9.95. The Balaban J connectivity index is 0.00000180. The Morgan fingerprint density at radius 1 is 1.53 bits per heavy atom. The van der Waals surface area contributed by atoms with Crippen LogP contribution in [0.25, 0.3) is 0 Å². The summed E-state index contributed by atoms with van der Waals surface area (Å²) in [7, 11) is 3.56. The molecule has 0 bridgehead atoms. The molecule has 1 aliphatic rings. The quantitative estimate of drug-likeness (QED) is 0.840. The fraction of sp³-hybridized carbons (Fsp3) is 0.818. The zero-order valence-electron chi connectivity index (χ0n) is 11.3. The SMILES string of the molecule is CN(Cc1nnnn1C)C(=O)[C@@H]1CCC[C@@H]1CN.Cl. The molecule has 0 saturated heterocycles. The summed E-state index contributed by atoms with van der Waals surface area (Å²) in [5.41, 5.74) is 5.72. The lowest BCUT2D eigenvalue weighted by Gasteiger charge is -2.23. The summed E-state index contributed by atoms with van der Waals surface area (Å²) in [6.45, 7) is 1.03. The van der Waals surface area contributed by atoms with Crippen molar-refractivity contribution in [1.82, 2.24) is 25.1 Å². The molecule has 108 valence electrons. The second-order valence-corrected chi connectivity index (χ2v) is 4.95. The van der Waals surface area contributed by atoms with Crippen molar-refractivity contribution >= 4 is 18.3 Å². The molecule has 7 nitrogen and oxygen atoms in total. The zero-order valence-corrected chi connectivity index (χ0v) is 12.1. The van der Waals surface area contributed by atoms with E-state index < -0.39 is 0 Å². The highest BCUT2D eigenvalue weighted by atomic mass is 35.5. The van der Waals surface area contributed by atoms with E-state index in [9.17, 15) is 4.79 Å². The van der Waals surface area contributed by atoms with E-state index in [1.54, 1.807) is 23.7 Å². The highest BCUT2D eigenvalue weighted by Gasteiger charge is 2.33. The normalized spacial score (nSPS) is 22.1. The van der Waals surface area contributed by atoms with E-state index in [-0.39, 0.29) is 24.2 Å². The van der Waals surface area contributed by atoms with Gasteiger partial charge in [-0.2, -0.15) is 0 Å². The molecule has 8 heteroatoms. The molecule has 1 saturated carbocycles. The first-order valence-electron chi connectivity index (χ1n) is 6.29. The molecule has 1 fully saturated rings. The molecule has 1 aromatic rings. The largest absolute Gasteiger partial charge is 0.338 e. The van der Waals surface area contributed by atoms with E-state index in [4.69, 9.17) is 5.73 Å². The van der Waals surface area contributed by atoms with Crippen LogP contribution in [0, 0.1) is 11.8 Å². The second-order valence-electron chi connectivity index (χ2n) is 4.95. The maximum absolute atomic E-state index is 12.3. The van der Waals surface area contributed by atoms with Gasteiger partial charge in [0.2, 0.25) is 5.91 Å². The number of aromatic nitrogens is 4. The maximum atomic E-state index is 12.3. The van der Waals surface area contributed by atoms with Crippen molar-refractivity contribution < 1.29 is 4.79 Å². The van der Waals surface area contributed by atoms with E-state index in [0.29, 0.717) is 24.8 Å². The molecule has 0 spiro atoms. The van der Waals surface area contributed by atoms with Crippen LogP contribution in [0.5, 0.6) is 0 Å². The number of nitrogens with zero attached hydrogens (tertiary/aromatic N) is 5. The van der Waals surface area contributed by atoms with Crippen LogP contribution in [-0.4, -0.2) is 44.6 Å². The third kappa shape index (κ3) is 3.42. The highest BCUT2D eigenvalue weighted by Crippen LogP contribution is 2.32. The molecule has 0 radical (unpaired) electrons. The van der Waals surface area contributed by atoms with Crippen LogP contribution < -0.4 is 5.73 Å². The molecule has 1 aliphatic carbocycles. The van der Waals surface area contributed by atoms with Crippen molar-refractivity contribution in [2.75, 3.05) is 13.6 Å². The van der Waals surface area contributed by atoms with Gasteiger partial charge in [0, 0.05) is 20.0 Å². The molecule has 0 aromatic carbocycles. The number of amides is 1. The van der Waals surface area contributed by atoms with Gasteiger partial charge in [0.1, 0.15) is 0 Å². The van der Waals surface area contributed by atoms with Crippen molar-refractivity contribution in [2.45, 2.75) is 25.8 Å². The van der Waals surface area contributed by atoms with E-state index in [1.165, 1.54) is 0 Å². The summed E-state index contributed by atoms with van der Waals surface area (Å²) in [6, 6.07) is 0. The second kappa shape index (κ2) is 6.81. The Morgan fingerprint density at radius 2 is 2.26 bits per heavy atom. The molecule has 0 aliphatic heterocycles. The number of nitrogens with two attached hydrogens (primary N) is 1. The summed E-state index contributed by atoms with van der Waals surface area (Å²) in [6.07, 6.45) is 3.10. The molecule has 2 N–H and O–H groups in total. The monoisotopic (exact) mass is 288 g/mol. The summed E-state index contributed by atoms with van der Waals surface area (Å²) >= 11 is 0. The Labute approximate surface area is 118 Å². The number of hydrogen-bond acceptors (Lipinski definition) is 5. The first-order chi connectivity index (χ1) is 8.63. The van der Waals surface area contributed by atoms with Gasteiger partial charge in [-0.1, -0.05) is 6.42 Å². The van der Waals surface area contributed by atoms with E-state index >= 15 is 0 Å². The summed E-state index contributed by atoms with van der Waals surface area (Å²) in [4.78, 5) is 14.0. The molecule has 2 rings (SSSR count). The van der Waals surface area contributed by atoms with Crippen LogP contribution in [-0.2, 0) is 18.4 Å². The first-order valence-corrected chi connectivity index (χ1v) is 6.29. The minimum absolute atomic E-state index is 0. The summed E-state index contributed by atoms with van der Waals surface area (Å²) in [5.74, 6) is 1.25. The smallest absolute Gasteiger partial charge is 0.226 e. The van der Waals surface area contributed by atoms with Gasteiger partial charge in [-0.05, 0) is 35.7 Å². The average molecular weight is 289 g/mol. The van der Waals surface area contributed by atoms with Crippen molar-refractivity contribution in [3.05, 3.63) is 5.82 Å². The fourth-order valence-corrected chi connectivity index (χ4v) is 2.60. The molecule has 0 unspecified atom stereocenters. The van der Waals surface area contributed by atoms with Gasteiger partial charge in [0.05, 0.1) is 6.54 Å². The average Bonchev–Trinajstić information content (AvgIpc) is 2.97. The molecule has 1 heterocycles. The van der Waals surface area contributed by atoms with Crippen LogP contribution in [0.1, 0.15) is 25.1 Å². The number of carbonyl (C=O) groups excluding carboxylic acids is 1. The van der Waals surface area contributed by atoms with Crippen LogP contribution in [0.15, 0.2) is 0 Å². The number of tetrazole rings is 1. The predicted octanol–water partition coefficient (Wildman–Crippen LogP) is -0.0347. The Morgan fingerprint density at radius 3 is 2.84 bits per heavy atom. The lowest BCUT2D eigenvalue weighted by Crippen LogP contribution is -2.36. The van der Waals surface area contributed by atoms with Gasteiger partial charge in [-0.15, -0.1) is 17.5 Å². The van der Waals surface area contributed by atoms with Gasteiger partial charge in [-0.25, -0.2) is 4.68 Å². The third-order valence-electron chi connectivity index (χ3n) is 3.74. The van der Waals surface area contributed by atoms with E-state index in [2.05, 4.69) is 15.5 Å². The minimum atomic E-state index is 0. The standard InChI is InChI=1S/C11H20N6O.ClH/c1-16(7-10-13-14-15-17(10)2)11(18)9-5-3-4-8(9)6-12;/h8-9H,3-7,12H2,1-2H3;1H/t8-,9-;/m1./s1. The number of hydrogen-bond donors (Lipinski definition) is 1. The summed E-state index contributed by atoms with van der Waals surface area (Å²) < 4.78 is 1.58. The highest BCUT2D eigenvalue weighted by molar-refractivity contribution is 5.85. The molecule has 1 aromatic heterocycles. The number of carbonyl (C=O) groups is 1. The number of rotatable bonds is 4. The van der Waals surface area contributed by atoms with Crippen LogP contribution >= 0.6 is 12.4 Å². The van der Waals surface area contributed by atoms with Gasteiger partial charge in [-0.3, -0.25) is 4.79 Å². The van der Waals surface area contributed by atoms with Gasteiger partial charge in [0.25, 0.3) is 0 Å². The van der Waals surface area contributed by atoms with Crippen LogP contribution in [0.4, 0.5) is 0 Å². The number of halogens is 1. The third-order valence-corrected chi connectivity index (χ3v) is 3.74. The van der Waals surface area contributed by atoms with Crippen LogP contribution in [0.3, 0.4) is 0 Å². The van der Waals surface area contributed by atoms with Gasteiger partial charge >= 0.3 is 0 Å². The summed E-state index contributed by atoms with van der Waals surface area (Å²) in [5, 5.41) is 11.2. The topological polar surface area (TPSA) is 89.9 Å². The van der Waals surface area contributed by atoms with E-state index in [1.807, 2.05) is 0 Å². The van der Waals surface area contributed by atoms with E-state index in [0.717, 1.165) is 19.3 Å². The molecular formula is C11H21ClN6O. The minimum Gasteiger partial charge on any atom is -0.338 e. The Bertz CT molecular complexity index is 423. The first kappa shape index (κ1) is 15.8. The Hall–Kier alpha value is -1.21. The van der Waals surface area contributed by atoms with Crippen molar-refractivity contribution in [1.29, 1.82) is 0 Å². The molecular weight excluding hydrogens is 268 g/mol. The van der Waals surface area contributed by atoms with Crippen molar-refractivity contribution in [3.63, 3.8) is 0 Å². The fourth-order valence-electron chi connectivity index (χ4n) is 2.60. The zero-order chi connectivity index (χ0) is 13.1. The van der Waals surface area contributed by atoms with Gasteiger partial charge in [0.15, 0.2) is 5.82 Å². The molecule has 19 heavy (non-hydrogen) atoms. The molecule has 2 atom stereocenters. The predicted molar refractivity (Wildman–Crippen MR) is 72.4 cm³/mol. The van der Waals surface area contributed by atoms with Crippen molar-refractivity contribution in [2.24, 2.45) is 24.6 Å². The van der Waals surface area contributed by atoms with Crippen molar-refractivity contribution in [3.8, 4) is 0 Å². The lowest BCUT2D eigenvalue weighted by molar-refractivity contribution is -0.135.